The van der Waals surface area contributed by atoms with Crippen LogP contribution in [0.25, 0.3) is 16.0 Å². The molecule has 1 amide bonds. The summed E-state index contributed by atoms with van der Waals surface area (Å²) in [6, 6.07) is 10.8. The molecular weight excluding hydrogens is 405 g/mol. The fourth-order valence-corrected chi connectivity index (χ4v) is 3.88. The number of hydrogen-bond donors (Lipinski definition) is 2. The van der Waals surface area contributed by atoms with Gasteiger partial charge in [-0.3, -0.25) is 4.79 Å². The molecule has 0 radical (unpaired) electrons. The largest absolute Gasteiger partial charge is 0.478 e. The zero-order chi connectivity index (χ0) is 19.8. The van der Waals surface area contributed by atoms with Gasteiger partial charge in [-0.1, -0.05) is 23.7 Å². The first-order valence-electron chi connectivity index (χ1n) is 8.00. The Morgan fingerprint density at radius 3 is 2.64 bits per heavy atom. The summed E-state index contributed by atoms with van der Waals surface area (Å²) in [5.41, 5.74) is 0.904. The number of halogens is 2. The Labute approximate surface area is 166 Å². The highest BCUT2D eigenvalue weighted by Gasteiger charge is 2.22. The highest BCUT2D eigenvalue weighted by Crippen LogP contribution is 2.36. The molecule has 1 aromatic carbocycles. The third kappa shape index (κ3) is 3.23. The third-order valence-corrected chi connectivity index (χ3v) is 5.32. The number of carbonyl (C=O) groups is 2. The van der Waals surface area contributed by atoms with Crippen LogP contribution in [0.4, 0.5) is 10.1 Å². The van der Waals surface area contributed by atoms with Crippen molar-refractivity contribution in [2.75, 3.05) is 5.32 Å². The van der Waals surface area contributed by atoms with Crippen LogP contribution in [0.1, 0.15) is 20.8 Å². The van der Waals surface area contributed by atoms with Gasteiger partial charge in [0, 0.05) is 16.6 Å². The van der Waals surface area contributed by atoms with Crippen LogP contribution >= 0.6 is 22.9 Å². The molecule has 0 spiro atoms. The van der Waals surface area contributed by atoms with Crippen LogP contribution in [0, 0.1) is 5.82 Å². The van der Waals surface area contributed by atoms with Gasteiger partial charge in [-0.2, -0.15) is 5.10 Å². The number of pyridine rings is 1. The Hall–Kier alpha value is -3.23. The van der Waals surface area contributed by atoms with Gasteiger partial charge in [0.15, 0.2) is 5.69 Å². The Morgan fingerprint density at radius 2 is 1.96 bits per heavy atom. The Balaban J connectivity index is 1.69. The van der Waals surface area contributed by atoms with Gasteiger partial charge in [-0.05, 0) is 35.9 Å². The third-order valence-electron chi connectivity index (χ3n) is 4.04. The molecule has 3 heterocycles. The number of nitrogens with zero attached hydrogens (tertiary/aromatic N) is 2. The molecule has 6 nitrogen and oxygen atoms in total. The van der Waals surface area contributed by atoms with Crippen molar-refractivity contribution in [2.45, 2.75) is 0 Å². The van der Waals surface area contributed by atoms with E-state index in [0.717, 1.165) is 0 Å². The predicted molar refractivity (Wildman–Crippen MR) is 105 cm³/mol. The molecule has 4 aromatic rings. The van der Waals surface area contributed by atoms with Crippen molar-refractivity contribution in [3.05, 3.63) is 76.1 Å². The molecule has 0 atom stereocenters. The molecule has 0 aliphatic carbocycles. The van der Waals surface area contributed by atoms with Gasteiger partial charge in [-0.15, -0.1) is 11.3 Å². The number of carboxylic acid groups (broad SMARTS) is 1. The van der Waals surface area contributed by atoms with Crippen LogP contribution in [0.2, 0.25) is 5.02 Å². The van der Waals surface area contributed by atoms with Gasteiger partial charge in [-0.25, -0.2) is 13.7 Å². The summed E-state index contributed by atoms with van der Waals surface area (Å²) in [4.78, 5) is 24.8. The Morgan fingerprint density at radius 1 is 1.21 bits per heavy atom. The van der Waals surface area contributed by atoms with Crippen LogP contribution in [0.5, 0.6) is 0 Å². The van der Waals surface area contributed by atoms with E-state index in [4.69, 9.17) is 11.6 Å². The smallest absolute Gasteiger partial charge is 0.339 e. The second-order valence-corrected chi connectivity index (χ2v) is 7.15. The molecule has 0 aliphatic rings. The average Bonchev–Trinajstić information content (AvgIpc) is 3.27. The van der Waals surface area contributed by atoms with Gasteiger partial charge in [0.1, 0.15) is 16.9 Å². The van der Waals surface area contributed by atoms with E-state index >= 15 is 0 Å². The number of thiophene rings is 1. The minimum Gasteiger partial charge on any atom is -0.478 e. The van der Waals surface area contributed by atoms with E-state index in [1.807, 2.05) is 0 Å². The van der Waals surface area contributed by atoms with Crippen molar-refractivity contribution in [2.24, 2.45) is 0 Å². The molecule has 4 rings (SSSR count). The van der Waals surface area contributed by atoms with Crippen LogP contribution in [0.3, 0.4) is 0 Å². The molecule has 9 heteroatoms. The first kappa shape index (κ1) is 18.1. The summed E-state index contributed by atoms with van der Waals surface area (Å²) >= 11 is 7.07. The molecule has 0 unspecified atom stereocenters. The van der Waals surface area contributed by atoms with Crippen molar-refractivity contribution in [3.8, 4) is 10.4 Å². The molecule has 28 heavy (non-hydrogen) atoms. The number of rotatable bonds is 4. The molecule has 2 N–H and O–H groups in total. The number of nitrogens with one attached hydrogen (secondary N) is 1. The summed E-state index contributed by atoms with van der Waals surface area (Å²) in [7, 11) is 0. The number of benzene rings is 1. The van der Waals surface area contributed by atoms with E-state index < -0.39 is 17.7 Å². The maximum absolute atomic E-state index is 13.8. The standard InChI is InChI=1S/C19H11ClFN3O3S/c20-11-5-3-10(4-6-11)17-16(19(26)27)14(9-28-17)22-18(25)13-8-15-12(21)2-1-7-24(15)23-13/h1-9H,(H,22,25)(H,26,27). The van der Waals surface area contributed by atoms with E-state index in [2.05, 4.69) is 10.4 Å². The van der Waals surface area contributed by atoms with Crippen LogP contribution in [-0.2, 0) is 0 Å². The van der Waals surface area contributed by atoms with Crippen molar-refractivity contribution in [1.82, 2.24) is 9.61 Å². The molecular formula is C19H11ClFN3O3S. The number of aromatic nitrogens is 2. The normalized spacial score (nSPS) is 10.9. The molecule has 3 aromatic heterocycles. The van der Waals surface area contributed by atoms with Crippen molar-refractivity contribution < 1.29 is 19.1 Å². The number of anilines is 1. The highest BCUT2D eigenvalue weighted by molar-refractivity contribution is 7.14. The van der Waals surface area contributed by atoms with E-state index in [1.165, 1.54) is 40.2 Å². The van der Waals surface area contributed by atoms with Crippen LogP contribution in [-0.4, -0.2) is 26.6 Å². The molecule has 0 saturated carbocycles. The number of hydrogen-bond acceptors (Lipinski definition) is 4. The van der Waals surface area contributed by atoms with E-state index in [1.54, 1.807) is 29.6 Å². The number of amides is 1. The Bertz CT molecular complexity index is 1220. The SMILES string of the molecule is O=C(Nc1csc(-c2ccc(Cl)cc2)c1C(=O)O)c1cc2c(F)cccn2n1. The van der Waals surface area contributed by atoms with Gasteiger partial charge in [0.25, 0.3) is 5.91 Å². The lowest BCUT2D eigenvalue weighted by Crippen LogP contribution is -2.14. The predicted octanol–water partition coefficient (Wildman–Crippen LogP) is 4.81. The minimum absolute atomic E-state index is 0.0271. The fraction of sp³-hybridized carbons (Fsp3) is 0. The van der Waals surface area contributed by atoms with E-state index in [9.17, 15) is 19.1 Å². The molecule has 0 saturated heterocycles. The second kappa shape index (κ2) is 7.06. The lowest BCUT2D eigenvalue weighted by molar-refractivity contribution is 0.0699. The monoisotopic (exact) mass is 415 g/mol. The van der Waals surface area contributed by atoms with Crippen LogP contribution < -0.4 is 5.32 Å². The lowest BCUT2D eigenvalue weighted by Gasteiger charge is -2.05. The second-order valence-electron chi connectivity index (χ2n) is 5.84. The summed E-state index contributed by atoms with van der Waals surface area (Å²) < 4.78 is 15.0. The maximum Gasteiger partial charge on any atom is 0.339 e. The quantitative estimate of drug-likeness (QED) is 0.501. The van der Waals surface area contributed by atoms with E-state index in [0.29, 0.717) is 15.5 Å². The lowest BCUT2D eigenvalue weighted by atomic mass is 10.1. The van der Waals surface area contributed by atoms with Crippen molar-refractivity contribution in [1.29, 1.82) is 0 Å². The minimum atomic E-state index is -1.18. The zero-order valence-corrected chi connectivity index (χ0v) is 15.6. The topological polar surface area (TPSA) is 83.7 Å². The summed E-state index contributed by atoms with van der Waals surface area (Å²) in [5.74, 6) is -2.32. The average molecular weight is 416 g/mol. The van der Waals surface area contributed by atoms with E-state index in [-0.39, 0.29) is 22.5 Å². The number of fused-ring (bicyclic) bond motifs is 1. The van der Waals surface area contributed by atoms with Gasteiger partial charge >= 0.3 is 5.97 Å². The number of aromatic carboxylic acids is 1. The molecule has 0 bridgehead atoms. The van der Waals surface area contributed by atoms with Crippen molar-refractivity contribution >= 4 is 46.0 Å². The van der Waals surface area contributed by atoms with Crippen molar-refractivity contribution in [3.63, 3.8) is 0 Å². The first-order valence-corrected chi connectivity index (χ1v) is 9.26. The summed E-state index contributed by atoms with van der Waals surface area (Å²) in [5, 5.41) is 18.3. The first-order chi connectivity index (χ1) is 13.4. The summed E-state index contributed by atoms with van der Waals surface area (Å²) in [6.45, 7) is 0. The van der Waals surface area contributed by atoms with Gasteiger partial charge in [0.05, 0.1) is 10.6 Å². The molecule has 140 valence electrons. The maximum atomic E-state index is 13.8. The Kier molecular flexibility index (Phi) is 4.58. The fourth-order valence-electron chi connectivity index (χ4n) is 2.75. The number of carbonyl (C=O) groups excluding carboxylic acids is 1. The zero-order valence-electron chi connectivity index (χ0n) is 14.0. The molecule has 0 aliphatic heterocycles. The number of carboxylic acids is 1. The highest BCUT2D eigenvalue weighted by atomic mass is 35.5. The van der Waals surface area contributed by atoms with Gasteiger partial charge in [0.2, 0.25) is 0 Å². The van der Waals surface area contributed by atoms with Crippen LogP contribution in [0.15, 0.2) is 54.0 Å². The van der Waals surface area contributed by atoms with Gasteiger partial charge < -0.3 is 10.4 Å². The molecule has 0 fully saturated rings. The summed E-state index contributed by atoms with van der Waals surface area (Å²) in [6.07, 6.45) is 1.51.